The molecule has 110 valence electrons. The fraction of sp³-hybridized carbons (Fsp3) is 0.353. The van der Waals surface area contributed by atoms with Crippen LogP contribution < -0.4 is 10.5 Å². The average Bonchev–Trinajstić information content (AvgIpc) is 2.52. The number of aliphatic hydroxyl groups is 1. The monoisotopic (exact) mass is 284 g/mol. The van der Waals surface area contributed by atoms with E-state index < -0.39 is 0 Å². The quantitative estimate of drug-likeness (QED) is 0.905. The van der Waals surface area contributed by atoms with E-state index in [2.05, 4.69) is 11.1 Å². The molecular weight excluding hydrogens is 264 g/mol. The van der Waals surface area contributed by atoms with Crippen molar-refractivity contribution in [3.8, 4) is 17.0 Å². The Balaban J connectivity index is 2.06. The SMILES string of the molecule is Nc1cccc(-c2ccc(OCCO)c3c2CCCC3)n1. The van der Waals surface area contributed by atoms with Crippen molar-refractivity contribution in [2.45, 2.75) is 25.7 Å². The fourth-order valence-corrected chi connectivity index (χ4v) is 2.97. The summed E-state index contributed by atoms with van der Waals surface area (Å²) in [5.41, 5.74) is 10.4. The number of pyridine rings is 1. The van der Waals surface area contributed by atoms with Crippen LogP contribution in [0, 0.1) is 0 Å². The molecule has 2 aromatic rings. The van der Waals surface area contributed by atoms with Gasteiger partial charge in [-0.25, -0.2) is 4.98 Å². The summed E-state index contributed by atoms with van der Waals surface area (Å²) in [6.45, 7) is 0.371. The molecule has 4 heteroatoms. The molecule has 1 aromatic carbocycles. The number of nitrogen functional groups attached to an aromatic ring is 1. The zero-order valence-electron chi connectivity index (χ0n) is 12.0. The van der Waals surface area contributed by atoms with Crippen LogP contribution in [0.3, 0.4) is 0 Å². The van der Waals surface area contributed by atoms with Crippen LogP contribution in [0.5, 0.6) is 5.75 Å². The highest BCUT2D eigenvalue weighted by atomic mass is 16.5. The zero-order chi connectivity index (χ0) is 14.7. The summed E-state index contributed by atoms with van der Waals surface area (Å²) in [4.78, 5) is 4.44. The van der Waals surface area contributed by atoms with Gasteiger partial charge in [-0.2, -0.15) is 0 Å². The van der Waals surface area contributed by atoms with Gasteiger partial charge in [0.1, 0.15) is 18.2 Å². The molecule has 0 radical (unpaired) electrons. The van der Waals surface area contributed by atoms with E-state index in [9.17, 15) is 0 Å². The first-order chi connectivity index (χ1) is 10.3. The summed E-state index contributed by atoms with van der Waals surface area (Å²) in [5.74, 6) is 1.43. The predicted molar refractivity (Wildman–Crippen MR) is 83.3 cm³/mol. The average molecular weight is 284 g/mol. The van der Waals surface area contributed by atoms with Crippen molar-refractivity contribution < 1.29 is 9.84 Å². The molecule has 21 heavy (non-hydrogen) atoms. The maximum atomic E-state index is 8.95. The van der Waals surface area contributed by atoms with Gasteiger partial charge in [-0.15, -0.1) is 0 Å². The molecule has 0 amide bonds. The van der Waals surface area contributed by atoms with Gasteiger partial charge in [0, 0.05) is 5.56 Å². The van der Waals surface area contributed by atoms with Crippen LogP contribution in [0.2, 0.25) is 0 Å². The minimum absolute atomic E-state index is 0.0350. The maximum absolute atomic E-state index is 8.95. The fourth-order valence-electron chi connectivity index (χ4n) is 2.97. The van der Waals surface area contributed by atoms with E-state index in [0.29, 0.717) is 12.4 Å². The van der Waals surface area contributed by atoms with E-state index in [1.54, 1.807) is 6.07 Å². The van der Waals surface area contributed by atoms with Crippen molar-refractivity contribution in [3.05, 3.63) is 41.5 Å². The molecule has 1 aromatic heterocycles. The van der Waals surface area contributed by atoms with Crippen molar-refractivity contribution in [1.29, 1.82) is 0 Å². The minimum atomic E-state index is 0.0350. The van der Waals surface area contributed by atoms with Gasteiger partial charge in [-0.1, -0.05) is 6.07 Å². The molecule has 1 heterocycles. The van der Waals surface area contributed by atoms with E-state index >= 15 is 0 Å². The number of hydrogen-bond acceptors (Lipinski definition) is 4. The van der Waals surface area contributed by atoms with Gasteiger partial charge in [0.25, 0.3) is 0 Å². The van der Waals surface area contributed by atoms with Gasteiger partial charge in [-0.3, -0.25) is 0 Å². The molecule has 0 saturated carbocycles. The summed E-state index contributed by atoms with van der Waals surface area (Å²) in [7, 11) is 0. The maximum Gasteiger partial charge on any atom is 0.124 e. The highest BCUT2D eigenvalue weighted by Crippen LogP contribution is 2.36. The Morgan fingerprint density at radius 1 is 1.10 bits per heavy atom. The Kier molecular flexibility index (Phi) is 4.06. The number of ether oxygens (including phenoxy) is 1. The molecule has 0 unspecified atom stereocenters. The van der Waals surface area contributed by atoms with Gasteiger partial charge in [0.15, 0.2) is 0 Å². The van der Waals surface area contributed by atoms with E-state index in [-0.39, 0.29) is 6.61 Å². The highest BCUT2D eigenvalue weighted by molar-refractivity contribution is 5.69. The van der Waals surface area contributed by atoms with Crippen molar-refractivity contribution in [2.75, 3.05) is 18.9 Å². The second-order valence-corrected chi connectivity index (χ2v) is 5.30. The summed E-state index contributed by atoms with van der Waals surface area (Å²) < 4.78 is 5.67. The van der Waals surface area contributed by atoms with Gasteiger partial charge >= 0.3 is 0 Å². The standard InChI is InChI=1S/C17H20N2O2/c18-17-7-3-6-15(19-17)13-8-9-16(21-11-10-20)14-5-2-1-4-12(13)14/h3,6-9,20H,1-2,4-5,10-11H2,(H2,18,19). The number of aromatic nitrogens is 1. The summed E-state index contributed by atoms with van der Waals surface area (Å²) in [5, 5.41) is 8.95. The number of benzene rings is 1. The molecule has 0 saturated heterocycles. The van der Waals surface area contributed by atoms with Crippen LogP contribution in [0.15, 0.2) is 30.3 Å². The van der Waals surface area contributed by atoms with E-state index in [0.717, 1.165) is 29.8 Å². The third-order valence-electron chi connectivity index (χ3n) is 3.89. The van der Waals surface area contributed by atoms with Crippen LogP contribution in [0.4, 0.5) is 5.82 Å². The summed E-state index contributed by atoms with van der Waals surface area (Å²) >= 11 is 0. The largest absolute Gasteiger partial charge is 0.491 e. The number of nitrogens with zero attached hydrogens (tertiary/aromatic N) is 1. The number of fused-ring (bicyclic) bond motifs is 1. The number of rotatable bonds is 4. The number of anilines is 1. The zero-order valence-corrected chi connectivity index (χ0v) is 12.0. The molecule has 1 aliphatic rings. The van der Waals surface area contributed by atoms with Crippen LogP contribution in [-0.2, 0) is 12.8 Å². The summed E-state index contributed by atoms with van der Waals surface area (Å²) in [6.07, 6.45) is 4.42. The van der Waals surface area contributed by atoms with E-state index in [4.69, 9.17) is 15.6 Å². The lowest BCUT2D eigenvalue weighted by Gasteiger charge is -2.22. The molecule has 3 N–H and O–H groups in total. The smallest absolute Gasteiger partial charge is 0.124 e. The first kappa shape index (κ1) is 13.9. The lowest BCUT2D eigenvalue weighted by molar-refractivity contribution is 0.200. The van der Waals surface area contributed by atoms with Crippen molar-refractivity contribution >= 4 is 5.82 Å². The molecule has 0 aliphatic heterocycles. The Morgan fingerprint density at radius 2 is 1.90 bits per heavy atom. The Hall–Kier alpha value is -2.07. The number of aliphatic hydroxyl groups excluding tert-OH is 1. The third kappa shape index (κ3) is 2.85. The topological polar surface area (TPSA) is 68.4 Å². The second kappa shape index (κ2) is 6.14. The predicted octanol–water partition coefficient (Wildman–Crippen LogP) is 2.58. The van der Waals surface area contributed by atoms with E-state index in [1.807, 2.05) is 18.2 Å². The second-order valence-electron chi connectivity index (χ2n) is 5.30. The molecule has 3 rings (SSSR count). The lowest BCUT2D eigenvalue weighted by Crippen LogP contribution is -2.10. The molecule has 0 spiro atoms. The number of hydrogen-bond donors (Lipinski definition) is 2. The van der Waals surface area contributed by atoms with Gasteiger partial charge < -0.3 is 15.6 Å². The molecule has 0 fully saturated rings. The molecule has 4 nitrogen and oxygen atoms in total. The number of nitrogens with two attached hydrogens (primary N) is 1. The molecule has 1 aliphatic carbocycles. The van der Waals surface area contributed by atoms with Crippen LogP contribution in [0.1, 0.15) is 24.0 Å². The van der Waals surface area contributed by atoms with Gasteiger partial charge in [-0.05, 0) is 61.1 Å². The van der Waals surface area contributed by atoms with Crippen molar-refractivity contribution in [2.24, 2.45) is 0 Å². The first-order valence-electron chi connectivity index (χ1n) is 7.41. The van der Waals surface area contributed by atoms with Crippen molar-refractivity contribution in [1.82, 2.24) is 4.98 Å². The first-order valence-corrected chi connectivity index (χ1v) is 7.41. The van der Waals surface area contributed by atoms with E-state index in [1.165, 1.54) is 24.0 Å². The molecule has 0 atom stereocenters. The third-order valence-corrected chi connectivity index (χ3v) is 3.89. The Labute approximate surface area is 124 Å². The lowest BCUT2D eigenvalue weighted by atomic mass is 9.86. The summed E-state index contributed by atoms with van der Waals surface area (Å²) in [6, 6.07) is 9.77. The van der Waals surface area contributed by atoms with Crippen LogP contribution in [0.25, 0.3) is 11.3 Å². The van der Waals surface area contributed by atoms with Crippen molar-refractivity contribution in [3.63, 3.8) is 0 Å². The minimum Gasteiger partial charge on any atom is -0.491 e. The Morgan fingerprint density at radius 3 is 2.67 bits per heavy atom. The van der Waals surface area contributed by atoms with Gasteiger partial charge in [0.2, 0.25) is 0 Å². The molecule has 0 bridgehead atoms. The van der Waals surface area contributed by atoms with Crippen LogP contribution >= 0.6 is 0 Å². The highest BCUT2D eigenvalue weighted by Gasteiger charge is 2.19. The molecular formula is C17H20N2O2. The van der Waals surface area contributed by atoms with Gasteiger partial charge in [0.05, 0.1) is 12.3 Å². The Bertz CT molecular complexity index is 641. The normalized spacial score (nSPS) is 13.8. The van der Waals surface area contributed by atoms with Crippen LogP contribution in [-0.4, -0.2) is 23.3 Å².